The summed E-state index contributed by atoms with van der Waals surface area (Å²) in [5.74, 6) is 0.241. The fourth-order valence-corrected chi connectivity index (χ4v) is 2.11. The Hall–Kier alpha value is -3.02. The van der Waals surface area contributed by atoms with E-state index in [0.29, 0.717) is 22.7 Å². The van der Waals surface area contributed by atoms with Crippen LogP contribution in [0.25, 0.3) is 0 Å². The van der Waals surface area contributed by atoms with Gasteiger partial charge in [-0.2, -0.15) is 0 Å². The van der Waals surface area contributed by atoms with Crippen LogP contribution in [0.5, 0.6) is 5.75 Å². The van der Waals surface area contributed by atoms with Crippen LogP contribution >= 0.6 is 0 Å². The van der Waals surface area contributed by atoms with E-state index in [0.717, 1.165) is 0 Å². The van der Waals surface area contributed by atoms with Gasteiger partial charge in [-0.05, 0) is 37.3 Å². The Morgan fingerprint density at radius 1 is 1.12 bits per heavy atom. The van der Waals surface area contributed by atoms with Crippen LogP contribution in [-0.2, 0) is 4.74 Å². The van der Waals surface area contributed by atoms with E-state index in [2.05, 4.69) is 5.32 Å². The maximum atomic E-state index is 12.3. The maximum Gasteiger partial charge on any atom is 0.413 e. The molecule has 0 saturated heterocycles. The van der Waals surface area contributed by atoms with Gasteiger partial charge in [-0.15, -0.1) is 0 Å². The van der Waals surface area contributed by atoms with E-state index in [4.69, 9.17) is 9.47 Å². The largest absolute Gasteiger partial charge is 0.495 e. The molecule has 0 spiro atoms. The van der Waals surface area contributed by atoms with Crippen LogP contribution in [0.3, 0.4) is 0 Å². The lowest BCUT2D eigenvalue weighted by Gasteiger charge is -2.19. The number of nitrogens with zero attached hydrogens (tertiary/aromatic N) is 1. The minimum atomic E-state index is -0.469. The van der Waals surface area contributed by atoms with Crippen molar-refractivity contribution in [3.8, 4) is 5.75 Å². The minimum Gasteiger partial charge on any atom is -0.495 e. The molecule has 2 amide bonds. The average Bonchev–Trinajstić information content (AvgIpc) is 2.62. The summed E-state index contributed by atoms with van der Waals surface area (Å²) in [6, 6.07) is 13.9. The second-order valence-electron chi connectivity index (χ2n) is 4.96. The zero-order valence-corrected chi connectivity index (χ0v) is 13.9. The van der Waals surface area contributed by atoms with E-state index in [1.165, 1.54) is 12.0 Å². The molecule has 0 bridgehead atoms. The molecule has 24 heavy (non-hydrogen) atoms. The molecule has 126 valence electrons. The molecule has 0 atom stereocenters. The number of amides is 2. The average molecular weight is 328 g/mol. The van der Waals surface area contributed by atoms with Crippen molar-refractivity contribution in [1.29, 1.82) is 0 Å². The highest BCUT2D eigenvalue weighted by Gasteiger charge is 2.15. The molecule has 2 aromatic carbocycles. The second kappa shape index (κ2) is 8.01. The predicted molar refractivity (Wildman–Crippen MR) is 92.8 cm³/mol. The monoisotopic (exact) mass is 328 g/mol. The summed E-state index contributed by atoms with van der Waals surface area (Å²) in [5.41, 5.74) is 1.58. The molecule has 0 aliphatic heterocycles. The molecule has 1 N–H and O–H groups in total. The number of ether oxygens (including phenoxy) is 2. The van der Waals surface area contributed by atoms with Crippen LogP contribution in [0.1, 0.15) is 17.3 Å². The van der Waals surface area contributed by atoms with Crippen LogP contribution in [0, 0.1) is 0 Å². The van der Waals surface area contributed by atoms with Gasteiger partial charge in [0.2, 0.25) is 0 Å². The van der Waals surface area contributed by atoms with Gasteiger partial charge in [-0.3, -0.25) is 9.69 Å². The number of nitrogens with one attached hydrogen (secondary N) is 1. The number of rotatable bonds is 5. The highest BCUT2D eigenvalue weighted by atomic mass is 16.6. The molecule has 0 fully saturated rings. The first-order valence-corrected chi connectivity index (χ1v) is 7.51. The summed E-state index contributed by atoms with van der Waals surface area (Å²) in [5, 5.41) is 2.80. The third-order valence-corrected chi connectivity index (χ3v) is 3.40. The lowest BCUT2D eigenvalue weighted by atomic mass is 10.2. The van der Waals surface area contributed by atoms with Crippen LogP contribution < -0.4 is 15.0 Å². The fourth-order valence-electron chi connectivity index (χ4n) is 2.11. The van der Waals surface area contributed by atoms with Crippen LogP contribution in [0.15, 0.2) is 48.5 Å². The van der Waals surface area contributed by atoms with E-state index >= 15 is 0 Å². The SMILES string of the molecule is CCOC(=O)N(C)c1ccc(OC)c(NC(=O)c2ccccc2)c1. The molecule has 0 aliphatic carbocycles. The molecular weight excluding hydrogens is 308 g/mol. The summed E-state index contributed by atoms with van der Waals surface area (Å²) in [6.45, 7) is 2.03. The number of carbonyl (C=O) groups is 2. The van der Waals surface area contributed by atoms with Crippen molar-refractivity contribution in [2.24, 2.45) is 0 Å². The van der Waals surface area contributed by atoms with E-state index in [1.807, 2.05) is 6.07 Å². The van der Waals surface area contributed by atoms with Crippen molar-refractivity contribution < 1.29 is 19.1 Å². The first kappa shape index (κ1) is 17.3. The lowest BCUT2D eigenvalue weighted by Crippen LogP contribution is -2.27. The molecule has 0 aromatic heterocycles. The van der Waals surface area contributed by atoms with E-state index < -0.39 is 6.09 Å². The summed E-state index contributed by atoms with van der Waals surface area (Å²) in [4.78, 5) is 25.5. The zero-order valence-electron chi connectivity index (χ0n) is 13.9. The van der Waals surface area contributed by atoms with Crippen molar-refractivity contribution in [2.45, 2.75) is 6.92 Å². The molecule has 2 rings (SSSR count). The Morgan fingerprint density at radius 2 is 1.83 bits per heavy atom. The molecule has 2 aromatic rings. The Labute approximate surface area is 141 Å². The normalized spacial score (nSPS) is 9.96. The van der Waals surface area contributed by atoms with Gasteiger partial charge in [0.05, 0.1) is 19.4 Å². The second-order valence-corrected chi connectivity index (χ2v) is 4.96. The van der Waals surface area contributed by atoms with Crippen LogP contribution in [0.2, 0.25) is 0 Å². The van der Waals surface area contributed by atoms with Crippen molar-refractivity contribution >= 4 is 23.4 Å². The standard InChI is InChI=1S/C18H20N2O4/c1-4-24-18(22)20(2)14-10-11-16(23-3)15(12-14)19-17(21)13-8-6-5-7-9-13/h5-12H,4H2,1-3H3,(H,19,21). The Morgan fingerprint density at radius 3 is 2.46 bits per heavy atom. The van der Waals surface area contributed by atoms with E-state index in [-0.39, 0.29) is 12.5 Å². The highest BCUT2D eigenvalue weighted by molar-refractivity contribution is 6.05. The molecule has 6 nitrogen and oxygen atoms in total. The fraction of sp³-hybridized carbons (Fsp3) is 0.222. The predicted octanol–water partition coefficient (Wildman–Crippen LogP) is 3.54. The van der Waals surface area contributed by atoms with Gasteiger partial charge in [0, 0.05) is 18.3 Å². The third-order valence-electron chi connectivity index (χ3n) is 3.40. The van der Waals surface area contributed by atoms with E-state index in [1.54, 1.807) is 56.4 Å². The Kier molecular flexibility index (Phi) is 5.78. The summed E-state index contributed by atoms with van der Waals surface area (Å²) >= 11 is 0. The topological polar surface area (TPSA) is 67.9 Å². The molecular formula is C18H20N2O4. The maximum absolute atomic E-state index is 12.3. The molecule has 0 unspecified atom stereocenters. The molecule has 0 aliphatic rings. The number of methoxy groups -OCH3 is 1. The quantitative estimate of drug-likeness (QED) is 0.911. The molecule has 6 heteroatoms. The number of anilines is 2. The third kappa shape index (κ3) is 4.04. The number of hydrogen-bond acceptors (Lipinski definition) is 4. The van der Waals surface area contributed by atoms with Crippen molar-refractivity contribution in [1.82, 2.24) is 0 Å². The first-order valence-electron chi connectivity index (χ1n) is 7.51. The first-order chi connectivity index (χ1) is 11.6. The summed E-state index contributed by atoms with van der Waals surface area (Å²) < 4.78 is 10.2. The Bertz CT molecular complexity index is 716. The summed E-state index contributed by atoms with van der Waals surface area (Å²) in [6.07, 6.45) is -0.469. The smallest absolute Gasteiger partial charge is 0.413 e. The highest BCUT2D eigenvalue weighted by Crippen LogP contribution is 2.30. The molecule has 0 saturated carbocycles. The van der Waals surface area contributed by atoms with Gasteiger partial charge in [0.25, 0.3) is 5.91 Å². The van der Waals surface area contributed by atoms with Crippen LogP contribution in [-0.4, -0.2) is 32.8 Å². The van der Waals surface area contributed by atoms with Crippen molar-refractivity contribution in [3.05, 3.63) is 54.1 Å². The van der Waals surface area contributed by atoms with Crippen molar-refractivity contribution in [3.63, 3.8) is 0 Å². The lowest BCUT2D eigenvalue weighted by molar-refractivity contribution is 0.102. The minimum absolute atomic E-state index is 0.259. The zero-order chi connectivity index (χ0) is 17.5. The van der Waals surface area contributed by atoms with Gasteiger partial charge < -0.3 is 14.8 Å². The molecule has 0 radical (unpaired) electrons. The number of hydrogen-bond donors (Lipinski definition) is 1. The van der Waals surface area contributed by atoms with Gasteiger partial charge in [0.1, 0.15) is 5.75 Å². The van der Waals surface area contributed by atoms with Gasteiger partial charge in [-0.25, -0.2) is 4.79 Å². The van der Waals surface area contributed by atoms with E-state index in [9.17, 15) is 9.59 Å². The van der Waals surface area contributed by atoms with Gasteiger partial charge in [-0.1, -0.05) is 18.2 Å². The van der Waals surface area contributed by atoms with Crippen LogP contribution in [0.4, 0.5) is 16.2 Å². The summed E-state index contributed by atoms with van der Waals surface area (Å²) in [7, 11) is 3.12. The number of benzene rings is 2. The molecule has 0 heterocycles. The van der Waals surface area contributed by atoms with Gasteiger partial charge in [0.15, 0.2) is 0 Å². The number of carbonyl (C=O) groups excluding carboxylic acids is 2. The van der Waals surface area contributed by atoms with Gasteiger partial charge >= 0.3 is 6.09 Å². The van der Waals surface area contributed by atoms with Crippen molar-refractivity contribution in [2.75, 3.05) is 31.0 Å². The Balaban J connectivity index is 2.26.